The van der Waals surface area contributed by atoms with Gasteiger partial charge in [0.05, 0.1) is 10.2 Å². The van der Waals surface area contributed by atoms with E-state index < -0.39 is 5.97 Å². The predicted octanol–water partition coefficient (Wildman–Crippen LogP) is 3.97. The predicted molar refractivity (Wildman–Crippen MR) is 102 cm³/mol. The molecule has 3 rings (SSSR count). The molecule has 1 aromatic carbocycles. The maximum absolute atomic E-state index is 12.4. The molecule has 0 spiro atoms. The molecule has 0 aliphatic rings. The van der Waals surface area contributed by atoms with Crippen LogP contribution in [0.15, 0.2) is 47.2 Å². The van der Waals surface area contributed by atoms with Gasteiger partial charge in [0.15, 0.2) is 11.7 Å². The number of carbonyl (C=O) groups is 2. The molecular weight excluding hydrogens is 356 g/mol. The molecule has 2 heterocycles. The van der Waals surface area contributed by atoms with Crippen molar-refractivity contribution in [2.24, 2.45) is 0 Å². The number of likely N-dealkylation sites (N-methyl/N-ethyl adjacent to an activating group) is 1. The van der Waals surface area contributed by atoms with Crippen LogP contribution >= 0.6 is 22.7 Å². The normalized spacial score (nSPS) is 11.1. The average Bonchev–Trinajstić information content (AvgIpc) is 3.28. The fourth-order valence-corrected chi connectivity index (χ4v) is 3.86. The second kappa shape index (κ2) is 8.04. The van der Waals surface area contributed by atoms with E-state index in [9.17, 15) is 9.59 Å². The fourth-order valence-electron chi connectivity index (χ4n) is 2.19. The van der Waals surface area contributed by atoms with Gasteiger partial charge in [-0.3, -0.25) is 9.69 Å². The Bertz CT molecular complexity index is 867. The van der Waals surface area contributed by atoms with Crippen LogP contribution in [-0.4, -0.2) is 30.0 Å². The molecule has 0 radical (unpaired) electrons. The number of rotatable bonds is 6. The van der Waals surface area contributed by atoms with Gasteiger partial charge in [0.25, 0.3) is 5.91 Å². The summed E-state index contributed by atoms with van der Waals surface area (Å²) >= 11 is 2.99. The zero-order valence-electron chi connectivity index (χ0n) is 13.5. The van der Waals surface area contributed by atoms with Gasteiger partial charge in [0.2, 0.25) is 0 Å². The molecule has 0 aliphatic heterocycles. The lowest BCUT2D eigenvalue weighted by molar-refractivity contribution is -0.142. The number of carbonyl (C=O) groups excluding carboxylic acids is 2. The summed E-state index contributed by atoms with van der Waals surface area (Å²) in [4.78, 5) is 30.1. The maximum Gasteiger partial charge on any atom is 0.331 e. The highest BCUT2D eigenvalue weighted by molar-refractivity contribution is 7.22. The molecule has 0 saturated heterocycles. The van der Waals surface area contributed by atoms with E-state index in [2.05, 4.69) is 4.98 Å². The number of thiophene rings is 1. The first-order valence-electron chi connectivity index (χ1n) is 7.70. The second-order valence-electron chi connectivity index (χ2n) is 5.10. The molecule has 1 amide bonds. The van der Waals surface area contributed by atoms with E-state index in [0.717, 1.165) is 15.8 Å². The first kappa shape index (κ1) is 17.3. The average molecular weight is 372 g/mol. The summed E-state index contributed by atoms with van der Waals surface area (Å²) in [6, 6.07) is 9.61. The molecule has 0 saturated carbocycles. The van der Waals surface area contributed by atoms with Crippen molar-refractivity contribution in [2.75, 3.05) is 18.1 Å². The number of para-hydroxylation sites is 1. The molecular formula is C18H16N2O3S2. The molecule has 25 heavy (non-hydrogen) atoms. The highest BCUT2D eigenvalue weighted by Crippen LogP contribution is 2.28. The molecule has 0 atom stereocenters. The Hall–Kier alpha value is -2.51. The van der Waals surface area contributed by atoms with Crippen molar-refractivity contribution in [2.45, 2.75) is 6.92 Å². The summed E-state index contributed by atoms with van der Waals surface area (Å²) in [5.74, 6) is -0.834. The van der Waals surface area contributed by atoms with Gasteiger partial charge in [0, 0.05) is 12.6 Å². The van der Waals surface area contributed by atoms with Crippen LogP contribution < -0.4 is 4.90 Å². The summed E-state index contributed by atoms with van der Waals surface area (Å²) in [7, 11) is 0. The summed E-state index contributed by atoms with van der Waals surface area (Å²) in [6.07, 6.45) is 2.98. The molecule has 2 aromatic heterocycles. The van der Waals surface area contributed by atoms with Gasteiger partial charge in [-0.2, -0.15) is 11.3 Å². The molecule has 7 heteroatoms. The Labute approximate surface area is 153 Å². The molecule has 0 aliphatic carbocycles. The van der Waals surface area contributed by atoms with Crippen molar-refractivity contribution in [1.29, 1.82) is 0 Å². The van der Waals surface area contributed by atoms with Gasteiger partial charge in [-0.25, -0.2) is 9.78 Å². The molecule has 0 fully saturated rings. The minimum absolute atomic E-state index is 0.293. The number of fused-ring (bicyclic) bond motifs is 1. The molecule has 0 N–H and O–H groups in total. The number of nitrogens with zero attached hydrogens (tertiary/aromatic N) is 2. The first-order chi connectivity index (χ1) is 12.2. The summed E-state index contributed by atoms with van der Waals surface area (Å²) in [6.45, 7) is 2.01. The number of benzene rings is 1. The minimum atomic E-state index is -0.542. The van der Waals surface area contributed by atoms with Crippen LogP contribution in [0.25, 0.3) is 16.3 Å². The van der Waals surface area contributed by atoms with Crippen molar-refractivity contribution in [3.05, 3.63) is 52.7 Å². The number of aromatic nitrogens is 1. The third-order valence-electron chi connectivity index (χ3n) is 3.42. The van der Waals surface area contributed by atoms with Gasteiger partial charge < -0.3 is 4.74 Å². The SMILES string of the molecule is CCN(C(=O)COC(=O)/C=C/c1ccsc1)c1nc2ccccc2s1. The lowest BCUT2D eigenvalue weighted by Gasteiger charge is -2.17. The van der Waals surface area contributed by atoms with E-state index in [1.54, 1.807) is 17.4 Å². The van der Waals surface area contributed by atoms with Crippen molar-refractivity contribution >= 4 is 56.0 Å². The van der Waals surface area contributed by atoms with Crippen LogP contribution in [0.1, 0.15) is 12.5 Å². The van der Waals surface area contributed by atoms with E-state index in [4.69, 9.17) is 4.74 Å². The highest BCUT2D eigenvalue weighted by Gasteiger charge is 2.19. The standard InChI is InChI=1S/C18H16N2O3S2/c1-2-20(18-19-14-5-3-4-6-15(14)25-18)16(21)11-23-17(22)8-7-13-9-10-24-12-13/h3-10,12H,2,11H2,1H3/b8-7+. The van der Waals surface area contributed by atoms with Crippen molar-refractivity contribution < 1.29 is 14.3 Å². The number of hydrogen-bond donors (Lipinski definition) is 0. The Kier molecular flexibility index (Phi) is 5.57. The Morgan fingerprint density at radius 3 is 2.84 bits per heavy atom. The third-order valence-corrected chi connectivity index (χ3v) is 5.18. The van der Waals surface area contributed by atoms with Gasteiger partial charge in [-0.1, -0.05) is 23.5 Å². The molecule has 0 bridgehead atoms. The quantitative estimate of drug-likeness (QED) is 0.485. The van der Waals surface area contributed by atoms with Crippen LogP contribution in [0.5, 0.6) is 0 Å². The first-order valence-corrected chi connectivity index (χ1v) is 9.46. The van der Waals surface area contributed by atoms with Crippen molar-refractivity contribution in [1.82, 2.24) is 4.98 Å². The Morgan fingerprint density at radius 1 is 1.28 bits per heavy atom. The summed E-state index contributed by atoms with van der Waals surface area (Å²) in [5.41, 5.74) is 1.78. The van der Waals surface area contributed by atoms with E-state index in [1.807, 2.05) is 48.0 Å². The Balaban J connectivity index is 1.61. The van der Waals surface area contributed by atoms with E-state index in [1.165, 1.54) is 22.3 Å². The molecule has 5 nitrogen and oxygen atoms in total. The van der Waals surface area contributed by atoms with Gasteiger partial charge >= 0.3 is 5.97 Å². The third kappa shape index (κ3) is 4.32. The van der Waals surface area contributed by atoms with Crippen LogP contribution in [0.2, 0.25) is 0 Å². The number of ether oxygens (including phenoxy) is 1. The molecule has 0 unspecified atom stereocenters. The molecule has 128 valence electrons. The highest BCUT2D eigenvalue weighted by atomic mass is 32.1. The largest absolute Gasteiger partial charge is 0.452 e. The zero-order chi connectivity index (χ0) is 17.6. The zero-order valence-corrected chi connectivity index (χ0v) is 15.2. The van der Waals surface area contributed by atoms with Crippen molar-refractivity contribution in [3.8, 4) is 0 Å². The van der Waals surface area contributed by atoms with E-state index >= 15 is 0 Å². The number of esters is 1. The smallest absolute Gasteiger partial charge is 0.331 e. The lowest BCUT2D eigenvalue weighted by Crippen LogP contribution is -2.34. The second-order valence-corrected chi connectivity index (χ2v) is 6.89. The molecule has 3 aromatic rings. The van der Waals surface area contributed by atoms with E-state index in [-0.39, 0.29) is 12.5 Å². The van der Waals surface area contributed by atoms with E-state index in [0.29, 0.717) is 11.7 Å². The number of anilines is 1. The monoisotopic (exact) mass is 372 g/mol. The fraction of sp³-hybridized carbons (Fsp3) is 0.167. The van der Waals surface area contributed by atoms with Crippen LogP contribution in [0, 0.1) is 0 Å². The minimum Gasteiger partial charge on any atom is -0.452 e. The lowest BCUT2D eigenvalue weighted by atomic mass is 10.3. The van der Waals surface area contributed by atoms with Crippen LogP contribution in [-0.2, 0) is 14.3 Å². The number of thiazole rings is 1. The summed E-state index contributed by atoms with van der Waals surface area (Å²) < 4.78 is 6.06. The topological polar surface area (TPSA) is 59.5 Å². The van der Waals surface area contributed by atoms with Crippen molar-refractivity contribution in [3.63, 3.8) is 0 Å². The number of hydrogen-bond acceptors (Lipinski definition) is 6. The number of amides is 1. The summed E-state index contributed by atoms with van der Waals surface area (Å²) in [5, 5.41) is 4.45. The van der Waals surface area contributed by atoms with Gasteiger partial charge in [-0.15, -0.1) is 0 Å². The maximum atomic E-state index is 12.4. The van der Waals surface area contributed by atoms with Gasteiger partial charge in [0.1, 0.15) is 0 Å². The van der Waals surface area contributed by atoms with Gasteiger partial charge in [-0.05, 0) is 47.5 Å². The van der Waals surface area contributed by atoms with Crippen LogP contribution in [0.4, 0.5) is 5.13 Å². The van der Waals surface area contributed by atoms with Crippen LogP contribution in [0.3, 0.4) is 0 Å². The Morgan fingerprint density at radius 2 is 2.12 bits per heavy atom.